The first-order valence-corrected chi connectivity index (χ1v) is 14.7. The van der Waals surface area contributed by atoms with Crippen LogP contribution in [0.25, 0.3) is 0 Å². The first kappa shape index (κ1) is 26.3. The molecule has 0 aliphatic heterocycles. The highest BCUT2D eigenvalue weighted by atomic mass is 16.5. The SMILES string of the molecule is CC(=O)O[C@H]1CCC2=C(CC[C@@H]3[C@@]2(C)CC[C@]2(C)[C@@H]([C@H](C)CCCC(C)C)CC[C@@]32C)C1(C)C. The van der Waals surface area contributed by atoms with Crippen LogP contribution in [0, 0.1) is 45.3 Å². The maximum absolute atomic E-state index is 11.8. The van der Waals surface area contributed by atoms with Crippen LogP contribution in [0.4, 0.5) is 0 Å². The van der Waals surface area contributed by atoms with Crippen molar-refractivity contribution in [2.45, 2.75) is 139 Å². The quantitative estimate of drug-likeness (QED) is 0.286. The van der Waals surface area contributed by atoms with E-state index in [9.17, 15) is 4.79 Å². The van der Waals surface area contributed by atoms with Crippen LogP contribution >= 0.6 is 0 Å². The molecule has 0 radical (unpaired) electrons. The molecule has 0 aromatic heterocycles. The van der Waals surface area contributed by atoms with E-state index < -0.39 is 0 Å². The molecule has 7 atom stereocenters. The van der Waals surface area contributed by atoms with Crippen molar-refractivity contribution in [3.8, 4) is 0 Å². The summed E-state index contributed by atoms with van der Waals surface area (Å²) in [5.41, 5.74) is 4.65. The van der Waals surface area contributed by atoms with Crippen LogP contribution < -0.4 is 0 Å². The lowest BCUT2D eigenvalue weighted by atomic mass is 9.40. The molecule has 2 saturated carbocycles. The normalized spacial score (nSPS) is 42.1. The first-order chi connectivity index (χ1) is 15.8. The van der Waals surface area contributed by atoms with Gasteiger partial charge in [-0.3, -0.25) is 4.79 Å². The minimum absolute atomic E-state index is 0.0297. The van der Waals surface area contributed by atoms with E-state index in [1.54, 1.807) is 18.1 Å². The lowest BCUT2D eigenvalue weighted by molar-refractivity contribution is -0.153. The van der Waals surface area contributed by atoms with Crippen molar-refractivity contribution in [2.75, 3.05) is 0 Å². The Hall–Kier alpha value is -0.790. The van der Waals surface area contributed by atoms with Gasteiger partial charge in [-0.1, -0.05) is 85.8 Å². The second kappa shape index (κ2) is 8.95. The third-order valence-electron chi connectivity index (χ3n) is 12.2. The summed E-state index contributed by atoms with van der Waals surface area (Å²) < 4.78 is 5.84. The molecule has 2 heteroatoms. The Morgan fingerprint density at radius 2 is 1.56 bits per heavy atom. The van der Waals surface area contributed by atoms with Gasteiger partial charge in [-0.25, -0.2) is 0 Å². The van der Waals surface area contributed by atoms with Gasteiger partial charge in [0.1, 0.15) is 6.10 Å². The van der Waals surface area contributed by atoms with E-state index in [0.29, 0.717) is 16.2 Å². The highest BCUT2D eigenvalue weighted by Gasteiger charge is 2.66. The Bertz CT molecular complexity index is 821. The Morgan fingerprint density at radius 1 is 0.882 bits per heavy atom. The van der Waals surface area contributed by atoms with Gasteiger partial charge in [0, 0.05) is 12.3 Å². The predicted molar refractivity (Wildman–Crippen MR) is 142 cm³/mol. The summed E-state index contributed by atoms with van der Waals surface area (Å²) in [4.78, 5) is 11.8. The first-order valence-electron chi connectivity index (χ1n) is 14.7. The van der Waals surface area contributed by atoms with Gasteiger partial charge in [0.2, 0.25) is 0 Å². The molecule has 0 aromatic carbocycles. The summed E-state index contributed by atoms with van der Waals surface area (Å²) in [5.74, 6) is 3.25. The van der Waals surface area contributed by atoms with Gasteiger partial charge in [0.05, 0.1) is 0 Å². The van der Waals surface area contributed by atoms with Crippen molar-refractivity contribution in [3.63, 3.8) is 0 Å². The highest BCUT2D eigenvalue weighted by molar-refractivity contribution is 5.66. The number of carbonyl (C=O) groups is 1. The fourth-order valence-electron chi connectivity index (χ4n) is 10.1. The molecule has 0 amide bonds. The summed E-state index contributed by atoms with van der Waals surface area (Å²) >= 11 is 0. The van der Waals surface area contributed by atoms with Crippen molar-refractivity contribution < 1.29 is 9.53 Å². The van der Waals surface area contributed by atoms with Gasteiger partial charge in [0.15, 0.2) is 0 Å². The van der Waals surface area contributed by atoms with E-state index in [2.05, 4.69) is 55.4 Å². The molecule has 0 unspecified atom stereocenters. The summed E-state index contributed by atoms with van der Waals surface area (Å²) in [5, 5.41) is 0. The zero-order valence-electron chi connectivity index (χ0n) is 24.0. The molecule has 0 spiro atoms. The molecule has 0 saturated heterocycles. The van der Waals surface area contributed by atoms with Crippen molar-refractivity contribution >= 4 is 5.97 Å². The molecule has 0 N–H and O–H groups in total. The number of hydrogen-bond donors (Lipinski definition) is 0. The van der Waals surface area contributed by atoms with Crippen molar-refractivity contribution in [3.05, 3.63) is 11.1 Å². The summed E-state index contributed by atoms with van der Waals surface area (Å²) in [6.07, 6.45) is 14.5. The minimum Gasteiger partial charge on any atom is -0.462 e. The van der Waals surface area contributed by atoms with Gasteiger partial charge in [-0.2, -0.15) is 0 Å². The van der Waals surface area contributed by atoms with Crippen LogP contribution in [0.3, 0.4) is 0 Å². The topological polar surface area (TPSA) is 26.3 Å². The predicted octanol–water partition coefficient (Wildman–Crippen LogP) is 9.13. The van der Waals surface area contributed by atoms with Crippen molar-refractivity contribution in [2.24, 2.45) is 45.3 Å². The summed E-state index contributed by atoms with van der Waals surface area (Å²) in [7, 11) is 0. The van der Waals surface area contributed by atoms with Crippen LogP contribution in [-0.4, -0.2) is 12.1 Å². The van der Waals surface area contributed by atoms with E-state index in [1.807, 2.05) is 0 Å². The number of carbonyl (C=O) groups excluding carboxylic acids is 1. The second-order valence-electron chi connectivity index (χ2n) is 14.6. The van der Waals surface area contributed by atoms with E-state index in [1.165, 1.54) is 57.8 Å². The van der Waals surface area contributed by atoms with Gasteiger partial charge in [-0.15, -0.1) is 0 Å². The number of hydrogen-bond acceptors (Lipinski definition) is 2. The Balaban J connectivity index is 1.60. The van der Waals surface area contributed by atoms with E-state index in [0.717, 1.165) is 36.5 Å². The van der Waals surface area contributed by atoms with Gasteiger partial charge in [0.25, 0.3) is 0 Å². The highest BCUT2D eigenvalue weighted by Crippen LogP contribution is 2.74. The van der Waals surface area contributed by atoms with E-state index in [-0.39, 0.29) is 17.5 Å². The number of rotatable bonds is 6. The third kappa shape index (κ3) is 3.92. The smallest absolute Gasteiger partial charge is 0.302 e. The molecule has 0 heterocycles. The molecule has 2 fully saturated rings. The maximum atomic E-state index is 11.8. The molecule has 194 valence electrons. The largest absolute Gasteiger partial charge is 0.462 e. The summed E-state index contributed by atoms with van der Waals surface area (Å²) in [6, 6.07) is 0. The zero-order chi connectivity index (χ0) is 25.1. The Labute approximate surface area is 211 Å². The maximum Gasteiger partial charge on any atom is 0.302 e. The molecular formula is C32H54O2. The van der Waals surface area contributed by atoms with E-state index >= 15 is 0 Å². The monoisotopic (exact) mass is 470 g/mol. The van der Waals surface area contributed by atoms with Crippen LogP contribution in [0.5, 0.6) is 0 Å². The third-order valence-corrected chi connectivity index (χ3v) is 12.2. The summed E-state index contributed by atoms with van der Waals surface area (Å²) in [6.45, 7) is 21.6. The average Bonchev–Trinajstić information content (AvgIpc) is 3.01. The number of allylic oxidation sites excluding steroid dienone is 1. The molecule has 0 bridgehead atoms. The van der Waals surface area contributed by atoms with Crippen molar-refractivity contribution in [1.29, 1.82) is 0 Å². The lowest BCUT2D eigenvalue weighted by Gasteiger charge is -2.64. The van der Waals surface area contributed by atoms with Gasteiger partial charge < -0.3 is 4.74 Å². The van der Waals surface area contributed by atoms with Crippen LogP contribution in [0.2, 0.25) is 0 Å². The van der Waals surface area contributed by atoms with Crippen molar-refractivity contribution in [1.82, 2.24) is 0 Å². The Kier molecular flexibility index (Phi) is 6.92. The second-order valence-corrected chi connectivity index (χ2v) is 14.6. The fraction of sp³-hybridized carbons (Fsp3) is 0.906. The molecule has 4 rings (SSSR count). The number of esters is 1. The molecule has 0 aromatic rings. The molecule has 34 heavy (non-hydrogen) atoms. The fourth-order valence-corrected chi connectivity index (χ4v) is 10.1. The van der Waals surface area contributed by atoms with Crippen LogP contribution in [-0.2, 0) is 9.53 Å². The van der Waals surface area contributed by atoms with Crippen LogP contribution in [0.1, 0.15) is 133 Å². The van der Waals surface area contributed by atoms with Gasteiger partial charge in [-0.05, 0) is 91.3 Å². The molecule has 4 aliphatic carbocycles. The number of fused-ring (bicyclic) bond motifs is 4. The molecular weight excluding hydrogens is 416 g/mol. The standard InChI is InChI=1S/C32H54O2/c1-21(2)11-10-12-22(3)24-17-18-32(9)27-15-13-25-26(30(27,7)19-20-31(24,32)8)14-16-28(29(25,5)6)34-23(4)33/h21-22,24,27-28H,10-20H2,1-9H3/t22-,24-,27-,28+,30+,31-,32+/m1/s1. The van der Waals surface area contributed by atoms with Gasteiger partial charge >= 0.3 is 5.97 Å². The lowest BCUT2D eigenvalue weighted by Crippen LogP contribution is -2.57. The zero-order valence-corrected chi connectivity index (χ0v) is 24.0. The minimum atomic E-state index is -0.123. The average molecular weight is 471 g/mol. The number of ether oxygens (including phenoxy) is 1. The van der Waals surface area contributed by atoms with Crippen LogP contribution in [0.15, 0.2) is 11.1 Å². The van der Waals surface area contributed by atoms with E-state index in [4.69, 9.17) is 4.74 Å². The molecule has 2 nitrogen and oxygen atoms in total. The molecule has 4 aliphatic rings. The Morgan fingerprint density at radius 3 is 2.21 bits per heavy atom.